The van der Waals surface area contributed by atoms with Gasteiger partial charge in [-0.05, 0) is 32.4 Å². The number of nitrogens with two attached hydrogens (primary N) is 1. The number of aromatic nitrogens is 1. The van der Waals surface area contributed by atoms with Gasteiger partial charge in [0, 0.05) is 51.0 Å². The largest absolute Gasteiger partial charge is 0.370 e. The molecular formula is C17H29IN6. The second-order valence-corrected chi connectivity index (χ2v) is 6.50. The van der Waals surface area contributed by atoms with Crippen LogP contribution >= 0.6 is 24.0 Å². The number of halogens is 1. The summed E-state index contributed by atoms with van der Waals surface area (Å²) in [5.41, 5.74) is 7.34. The van der Waals surface area contributed by atoms with E-state index in [2.05, 4.69) is 37.8 Å². The first kappa shape index (κ1) is 19.2. The second-order valence-electron chi connectivity index (χ2n) is 6.50. The van der Waals surface area contributed by atoms with Crippen LogP contribution in [-0.2, 0) is 6.54 Å². The van der Waals surface area contributed by atoms with Crippen LogP contribution in [0.1, 0.15) is 24.8 Å². The molecule has 0 saturated carbocycles. The number of likely N-dealkylation sites (tertiary alicyclic amines) is 1. The zero-order chi connectivity index (χ0) is 16.1. The molecule has 0 atom stereocenters. The number of anilines is 1. The van der Waals surface area contributed by atoms with Crippen molar-refractivity contribution in [3.05, 3.63) is 23.9 Å². The van der Waals surface area contributed by atoms with E-state index in [0.717, 1.165) is 50.6 Å². The van der Waals surface area contributed by atoms with Crippen molar-refractivity contribution >= 4 is 35.8 Å². The summed E-state index contributed by atoms with van der Waals surface area (Å²) in [6.45, 7) is 6.88. The predicted octanol–water partition coefficient (Wildman–Crippen LogP) is 1.75. The van der Waals surface area contributed by atoms with E-state index in [1.165, 1.54) is 19.3 Å². The molecule has 0 amide bonds. The van der Waals surface area contributed by atoms with Crippen LogP contribution in [0.2, 0.25) is 0 Å². The third kappa shape index (κ3) is 4.95. The molecule has 1 aromatic heterocycles. The average molecular weight is 444 g/mol. The van der Waals surface area contributed by atoms with Gasteiger partial charge in [0.1, 0.15) is 5.82 Å². The summed E-state index contributed by atoms with van der Waals surface area (Å²) < 4.78 is 0. The van der Waals surface area contributed by atoms with E-state index in [1.54, 1.807) is 0 Å². The Labute approximate surface area is 162 Å². The molecule has 24 heavy (non-hydrogen) atoms. The standard InChI is InChI=1S/C17H28N6.HI/c1-21-10-12-22(13-11-21)16-15(6-5-7-19-16)14-20-17(18)23-8-3-2-4-9-23;/h5-7H,2-4,8-14H2,1H3,(H2,18,20);1H. The Balaban J connectivity index is 0.00000208. The number of piperazine rings is 1. The van der Waals surface area contributed by atoms with Crippen molar-refractivity contribution in [3.8, 4) is 0 Å². The summed E-state index contributed by atoms with van der Waals surface area (Å²) in [7, 11) is 2.17. The Hall–Kier alpha value is -1.09. The molecule has 0 spiro atoms. The Morgan fingerprint density at radius 3 is 2.54 bits per heavy atom. The van der Waals surface area contributed by atoms with Gasteiger partial charge in [-0.1, -0.05) is 6.07 Å². The Morgan fingerprint density at radius 1 is 1.12 bits per heavy atom. The molecule has 6 nitrogen and oxygen atoms in total. The molecular weight excluding hydrogens is 415 g/mol. The SMILES string of the molecule is CN1CCN(c2ncccc2CN=C(N)N2CCCCC2)CC1.I. The van der Waals surface area contributed by atoms with E-state index in [0.29, 0.717) is 12.5 Å². The van der Waals surface area contributed by atoms with E-state index in [4.69, 9.17) is 5.73 Å². The Kier molecular flexibility index (Phi) is 7.54. The van der Waals surface area contributed by atoms with Crippen molar-refractivity contribution in [3.63, 3.8) is 0 Å². The number of rotatable bonds is 3. The van der Waals surface area contributed by atoms with Gasteiger partial charge in [-0.3, -0.25) is 0 Å². The van der Waals surface area contributed by atoms with Crippen molar-refractivity contribution in [2.45, 2.75) is 25.8 Å². The van der Waals surface area contributed by atoms with Gasteiger partial charge in [0.2, 0.25) is 0 Å². The molecule has 0 unspecified atom stereocenters. The second kappa shape index (κ2) is 9.41. The number of guanidine groups is 1. The van der Waals surface area contributed by atoms with Crippen LogP contribution in [0.5, 0.6) is 0 Å². The maximum atomic E-state index is 6.18. The van der Waals surface area contributed by atoms with Gasteiger partial charge in [-0.25, -0.2) is 9.98 Å². The highest BCUT2D eigenvalue weighted by Gasteiger charge is 2.18. The zero-order valence-electron chi connectivity index (χ0n) is 14.5. The topological polar surface area (TPSA) is 61.0 Å². The molecule has 134 valence electrons. The van der Waals surface area contributed by atoms with E-state index < -0.39 is 0 Å². The van der Waals surface area contributed by atoms with Crippen molar-refractivity contribution in [2.24, 2.45) is 10.7 Å². The van der Waals surface area contributed by atoms with E-state index >= 15 is 0 Å². The fraction of sp³-hybridized carbons (Fsp3) is 0.647. The van der Waals surface area contributed by atoms with Crippen molar-refractivity contribution in [1.29, 1.82) is 0 Å². The van der Waals surface area contributed by atoms with Crippen molar-refractivity contribution in [1.82, 2.24) is 14.8 Å². The highest BCUT2D eigenvalue weighted by Crippen LogP contribution is 2.19. The van der Waals surface area contributed by atoms with E-state index in [-0.39, 0.29) is 24.0 Å². The first-order chi connectivity index (χ1) is 11.2. The van der Waals surface area contributed by atoms with Gasteiger partial charge in [0.15, 0.2) is 5.96 Å². The minimum absolute atomic E-state index is 0. The summed E-state index contributed by atoms with van der Waals surface area (Å²) in [5.74, 6) is 1.74. The molecule has 7 heteroatoms. The van der Waals surface area contributed by atoms with E-state index in [1.807, 2.05) is 12.3 Å². The van der Waals surface area contributed by atoms with Gasteiger partial charge < -0.3 is 20.4 Å². The number of hydrogen-bond donors (Lipinski definition) is 1. The minimum Gasteiger partial charge on any atom is -0.370 e. The van der Waals surface area contributed by atoms with Gasteiger partial charge in [-0.2, -0.15) is 0 Å². The van der Waals surface area contributed by atoms with Gasteiger partial charge >= 0.3 is 0 Å². The fourth-order valence-electron chi connectivity index (χ4n) is 3.25. The van der Waals surface area contributed by atoms with E-state index in [9.17, 15) is 0 Å². The molecule has 3 heterocycles. The monoisotopic (exact) mass is 444 g/mol. The molecule has 3 rings (SSSR count). The third-order valence-corrected chi connectivity index (χ3v) is 4.76. The number of piperidine rings is 1. The molecule has 2 fully saturated rings. The lowest BCUT2D eigenvalue weighted by Crippen LogP contribution is -2.45. The Bertz CT molecular complexity index is 536. The summed E-state index contributed by atoms with van der Waals surface area (Å²) in [6, 6.07) is 4.11. The number of aliphatic imine (C=N–C) groups is 1. The zero-order valence-corrected chi connectivity index (χ0v) is 16.9. The van der Waals surface area contributed by atoms with Crippen LogP contribution in [0.15, 0.2) is 23.3 Å². The maximum absolute atomic E-state index is 6.18. The molecule has 0 aliphatic carbocycles. The highest BCUT2D eigenvalue weighted by molar-refractivity contribution is 14.0. The first-order valence-corrected chi connectivity index (χ1v) is 8.66. The normalized spacial score (nSPS) is 20.0. The molecule has 0 aromatic carbocycles. The average Bonchev–Trinajstić information content (AvgIpc) is 2.61. The van der Waals surface area contributed by atoms with Crippen LogP contribution in [0.3, 0.4) is 0 Å². The van der Waals surface area contributed by atoms with Crippen LogP contribution in [0, 0.1) is 0 Å². The molecule has 0 radical (unpaired) electrons. The molecule has 2 aliphatic rings. The molecule has 0 bridgehead atoms. The van der Waals surface area contributed by atoms with Gasteiger partial charge in [0.25, 0.3) is 0 Å². The summed E-state index contributed by atoms with van der Waals surface area (Å²) >= 11 is 0. The highest BCUT2D eigenvalue weighted by atomic mass is 127. The maximum Gasteiger partial charge on any atom is 0.191 e. The fourth-order valence-corrected chi connectivity index (χ4v) is 3.25. The van der Waals surface area contributed by atoms with Crippen LogP contribution < -0.4 is 10.6 Å². The van der Waals surface area contributed by atoms with Crippen molar-refractivity contribution in [2.75, 3.05) is 51.2 Å². The van der Waals surface area contributed by atoms with Gasteiger partial charge in [0.05, 0.1) is 6.54 Å². The molecule has 2 saturated heterocycles. The lowest BCUT2D eigenvalue weighted by Gasteiger charge is -2.34. The van der Waals surface area contributed by atoms with Crippen LogP contribution in [0.4, 0.5) is 5.82 Å². The van der Waals surface area contributed by atoms with Crippen LogP contribution in [-0.4, -0.2) is 67.1 Å². The minimum atomic E-state index is 0. The molecule has 2 N–H and O–H groups in total. The number of hydrogen-bond acceptors (Lipinski definition) is 4. The predicted molar refractivity (Wildman–Crippen MR) is 110 cm³/mol. The van der Waals surface area contributed by atoms with Gasteiger partial charge in [-0.15, -0.1) is 24.0 Å². The third-order valence-electron chi connectivity index (χ3n) is 4.76. The van der Waals surface area contributed by atoms with Crippen LogP contribution in [0.25, 0.3) is 0 Å². The number of nitrogens with zero attached hydrogens (tertiary/aromatic N) is 5. The summed E-state index contributed by atoms with van der Waals surface area (Å²) in [6.07, 6.45) is 5.61. The quantitative estimate of drug-likeness (QED) is 0.438. The number of pyridine rings is 1. The Morgan fingerprint density at radius 2 is 1.83 bits per heavy atom. The summed E-state index contributed by atoms with van der Waals surface area (Å²) in [4.78, 5) is 16.2. The lowest BCUT2D eigenvalue weighted by atomic mass is 10.1. The first-order valence-electron chi connectivity index (χ1n) is 8.66. The summed E-state index contributed by atoms with van der Waals surface area (Å²) in [5, 5.41) is 0. The smallest absolute Gasteiger partial charge is 0.191 e. The molecule has 2 aliphatic heterocycles. The molecule has 1 aromatic rings. The number of likely N-dealkylation sites (N-methyl/N-ethyl adjacent to an activating group) is 1. The van der Waals surface area contributed by atoms with Crippen molar-refractivity contribution < 1.29 is 0 Å². The lowest BCUT2D eigenvalue weighted by molar-refractivity contribution is 0.312.